The van der Waals surface area contributed by atoms with Gasteiger partial charge in [0.15, 0.2) is 0 Å². The molecule has 0 N–H and O–H groups in total. The van der Waals surface area contributed by atoms with Gasteiger partial charge in [-0.25, -0.2) is 9.78 Å². The lowest BCUT2D eigenvalue weighted by molar-refractivity contribution is -0.0654. The van der Waals surface area contributed by atoms with Gasteiger partial charge in [-0.3, -0.25) is 0 Å². The van der Waals surface area contributed by atoms with Gasteiger partial charge < -0.3 is 19.1 Å². The van der Waals surface area contributed by atoms with Crippen LogP contribution in [0.15, 0.2) is 53.1 Å². The van der Waals surface area contributed by atoms with E-state index in [1.807, 2.05) is 42.5 Å². The zero-order chi connectivity index (χ0) is 21.5. The van der Waals surface area contributed by atoms with Gasteiger partial charge in [-0.05, 0) is 50.2 Å². The lowest BCUT2D eigenvalue weighted by atomic mass is 9.94. The number of rotatable bonds is 6. The Labute approximate surface area is 192 Å². The maximum absolute atomic E-state index is 12.3. The molecule has 0 spiro atoms. The summed E-state index contributed by atoms with van der Waals surface area (Å²) in [7, 11) is 0. The second-order valence-corrected chi connectivity index (χ2v) is 9.11. The molecular formula is C24H29BrN2O4. The predicted octanol–water partition coefficient (Wildman–Crippen LogP) is 5.35. The summed E-state index contributed by atoms with van der Waals surface area (Å²) >= 11 is 3.45. The number of halogens is 1. The molecule has 4 rings (SSSR count). The van der Waals surface area contributed by atoms with Crippen LogP contribution < -0.4 is 4.74 Å². The minimum absolute atomic E-state index is 0.197. The standard InChI is InChI=1S/C24H29BrN2O4/c25-19-10-13-26-23(16-19)31-21-8-6-20(7-9-21)30-22-11-14-27(15-12-22)24(28)29-17-18-4-2-1-3-5-18/h1-5,10,13,16,20-22H,6-9,11-12,14-15,17H2. The molecule has 1 aliphatic heterocycles. The van der Waals surface area contributed by atoms with Crippen LogP contribution in [-0.4, -0.2) is 47.4 Å². The van der Waals surface area contributed by atoms with E-state index >= 15 is 0 Å². The van der Waals surface area contributed by atoms with Gasteiger partial charge in [0.1, 0.15) is 12.7 Å². The molecule has 166 valence electrons. The Morgan fingerprint density at radius 2 is 1.65 bits per heavy atom. The molecule has 2 fully saturated rings. The number of benzene rings is 1. The number of piperidine rings is 1. The number of ether oxygens (including phenoxy) is 3. The summed E-state index contributed by atoms with van der Waals surface area (Å²) in [5.74, 6) is 0.672. The van der Waals surface area contributed by atoms with Crippen LogP contribution >= 0.6 is 15.9 Å². The molecule has 2 heterocycles. The van der Waals surface area contributed by atoms with Gasteiger partial charge in [-0.1, -0.05) is 46.3 Å². The van der Waals surface area contributed by atoms with E-state index in [-0.39, 0.29) is 24.4 Å². The normalized spacial score (nSPS) is 22.2. The SMILES string of the molecule is O=C(OCc1ccccc1)N1CCC(OC2CCC(Oc3cc(Br)ccn3)CC2)CC1. The van der Waals surface area contributed by atoms with Crippen LogP contribution in [0.25, 0.3) is 0 Å². The third kappa shape index (κ3) is 6.68. The van der Waals surface area contributed by atoms with Gasteiger partial charge in [0, 0.05) is 29.8 Å². The highest BCUT2D eigenvalue weighted by atomic mass is 79.9. The van der Waals surface area contributed by atoms with Crippen LogP contribution in [0, 0.1) is 0 Å². The van der Waals surface area contributed by atoms with Crippen molar-refractivity contribution < 1.29 is 19.0 Å². The third-order valence-corrected chi connectivity index (χ3v) is 6.39. The van der Waals surface area contributed by atoms with Crippen molar-refractivity contribution in [3.8, 4) is 5.88 Å². The van der Waals surface area contributed by atoms with Crippen molar-refractivity contribution >= 4 is 22.0 Å². The van der Waals surface area contributed by atoms with Crippen LogP contribution in [-0.2, 0) is 16.1 Å². The number of amides is 1. The summed E-state index contributed by atoms with van der Waals surface area (Å²) in [6, 6.07) is 13.6. The number of aromatic nitrogens is 1. The van der Waals surface area contributed by atoms with E-state index in [2.05, 4.69) is 20.9 Å². The highest BCUT2D eigenvalue weighted by molar-refractivity contribution is 9.10. The Kier molecular flexibility index (Phi) is 7.81. The van der Waals surface area contributed by atoms with Crippen molar-refractivity contribution in [2.75, 3.05) is 13.1 Å². The summed E-state index contributed by atoms with van der Waals surface area (Å²) in [5.41, 5.74) is 1.00. The van der Waals surface area contributed by atoms with Crippen LogP contribution in [0.3, 0.4) is 0 Å². The van der Waals surface area contributed by atoms with Crippen molar-refractivity contribution in [3.05, 3.63) is 58.7 Å². The minimum Gasteiger partial charge on any atom is -0.474 e. The first-order chi connectivity index (χ1) is 15.2. The van der Waals surface area contributed by atoms with Crippen molar-refractivity contribution in [2.45, 2.75) is 63.4 Å². The first kappa shape index (κ1) is 22.1. The second-order valence-electron chi connectivity index (χ2n) is 8.19. The zero-order valence-electron chi connectivity index (χ0n) is 17.6. The summed E-state index contributed by atoms with van der Waals surface area (Å²) in [6.07, 6.45) is 7.87. The average molecular weight is 489 g/mol. The molecule has 0 atom stereocenters. The topological polar surface area (TPSA) is 60.9 Å². The number of carbonyl (C=O) groups excluding carboxylic acids is 1. The van der Waals surface area contributed by atoms with Crippen LogP contribution in [0.5, 0.6) is 5.88 Å². The molecule has 1 aromatic carbocycles. The zero-order valence-corrected chi connectivity index (χ0v) is 19.2. The smallest absolute Gasteiger partial charge is 0.410 e. The third-order valence-electron chi connectivity index (χ3n) is 5.90. The highest BCUT2D eigenvalue weighted by Gasteiger charge is 2.29. The molecule has 0 unspecified atom stereocenters. The monoisotopic (exact) mass is 488 g/mol. The maximum atomic E-state index is 12.3. The molecule has 7 heteroatoms. The molecule has 1 aliphatic carbocycles. The summed E-state index contributed by atoms with van der Waals surface area (Å²) in [5, 5.41) is 0. The van der Waals surface area contributed by atoms with Crippen LogP contribution in [0.4, 0.5) is 4.79 Å². The van der Waals surface area contributed by atoms with E-state index in [0.29, 0.717) is 25.6 Å². The fraction of sp³-hybridized carbons (Fsp3) is 0.500. The number of pyridine rings is 1. The van der Waals surface area contributed by atoms with E-state index < -0.39 is 0 Å². The van der Waals surface area contributed by atoms with Gasteiger partial charge in [-0.2, -0.15) is 0 Å². The number of carbonyl (C=O) groups is 1. The number of likely N-dealkylation sites (tertiary alicyclic amines) is 1. The molecule has 1 amide bonds. The van der Waals surface area contributed by atoms with Crippen LogP contribution in [0.2, 0.25) is 0 Å². The lowest BCUT2D eigenvalue weighted by Crippen LogP contribution is -2.42. The van der Waals surface area contributed by atoms with E-state index in [4.69, 9.17) is 14.2 Å². The maximum Gasteiger partial charge on any atom is 0.410 e. The molecule has 1 saturated carbocycles. The van der Waals surface area contributed by atoms with Crippen molar-refractivity contribution in [3.63, 3.8) is 0 Å². The number of nitrogens with zero attached hydrogens (tertiary/aromatic N) is 2. The van der Waals surface area contributed by atoms with Crippen molar-refractivity contribution in [2.24, 2.45) is 0 Å². The molecule has 31 heavy (non-hydrogen) atoms. The Morgan fingerprint density at radius 1 is 0.968 bits per heavy atom. The highest BCUT2D eigenvalue weighted by Crippen LogP contribution is 2.28. The lowest BCUT2D eigenvalue weighted by Gasteiger charge is -2.35. The molecule has 0 radical (unpaired) electrons. The second kappa shape index (κ2) is 11.0. The summed E-state index contributed by atoms with van der Waals surface area (Å²) in [4.78, 5) is 18.4. The van der Waals surface area contributed by atoms with Crippen LogP contribution in [0.1, 0.15) is 44.1 Å². The fourth-order valence-electron chi connectivity index (χ4n) is 4.16. The fourth-order valence-corrected chi connectivity index (χ4v) is 4.48. The Hall–Kier alpha value is -2.12. The molecule has 6 nitrogen and oxygen atoms in total. The largest absolute Gasteiger partial charge is 0.474 e. The average Bonchev–Trinajstić information content (AvgIpc) is 2.80. The first-order valence-corrected chi connectivity index (χ1v) is 11.8. The molecular weight excluding hydrogens is 460 g/mol. The Morgan fingerprint density at radius 3 is 2.35 bits per heavy atom. The van der Waals surface area contributed by atoms with E-state index in [1.54, 1.807) is 11.1 Å². The predicted molar refractivity (Wildman–Crippen MR) is 121 cm³/mol. The van der Waals surface area contributed by atoms with Crippen molar-refractivity contribution in [1.82, 2.24) is 9.88 Å². The van der Waals surface area contributed by atoms with E-state index in [1.165, 1.54) is 0 Å². The van der Waals surface area contributed by atoms with Gasteiger partial charge in [-0.15, -0.1) is 0 Å². The number of hydrogen-bond donors (Lipinski definition) is 0. The number of hydrogen-bond acceptors (Lipinski definition) is 5. The van der Waals surface area contributed by atoms with Crippen molar-refractivity contribution in [1.29, 1.82) is 0 Å². The van der Waals surface area contributed by atoms with E-state index in [9.17, 15) is 4.79 Å². The first-order valence-electron chi connectivity index (χ1n) is 11.0. The minimum atomic E-state index is -0.235. The van der Waals surface area contributed by atoms with Gasteiger partial charge in [0.2, 0.25) is 5.88 Å². The molecule has 2 aliphatic rings. The van der Waals surface area contributed by atoms with Gasteiger partial charge in [0.05, 0.1) is 12.2 Å². The molecule has 1 aromatic heterocycles. The van der Waals surface area contributed by atoms with Gasteiger partial charge in [0.25, 0.3) is 0 Å². The van der Waals surface area contributed by atoms with E-state index in [0.717, 1.165) is 48.6 Å². The quantitative estimate of drug-likeness (QED) is 0.548. The molecule has 0 bridgehead atoms. The summed E-state index contributed by atoms with van der Waals surface area (Å²) < 4.78 is 18.8. The summed E-state index contributed by atoms with van der Waals surface area (Å²) in [6.45, 7) is 1.69. The Balaban J connectivity index is 1.13. The molecule has 2 aromatic rings. The molecule has 1 saturated heterocycles. The Bertz CT molecular complexity index is 834. The van der Waals surface area contributed by atoms with Gasteiger partial charge >= 0.3 is 6.09 Å².